The second-order valence-electron chi connectivity index (χ2n) is 4.48. The standard InChI is InChI=1S/C10H9BF3N3O2/c1-5-8(9(18)19)6-2-11(4-15)7(10(12,13)14)3-17(6)16-5/h7H,2-3H2,1H3,(H,18,19). The molecule has 0 amide bonds. The highest BCUT2D eigenvalue weighted by molar-refractivity contribution is 6.68. The van der Waals surface area contributed by atoms with Crippen molar-refractivity contribution in [3.63, 3.8) is 0 Å². The summed E-state index contributed by atoms with van der Waals surface area (Å²) in [6.07, 6.45) is -4.75. The van der Waals surface area contributed by atoms with E-state index in [1.807, 2.05) is 0 Å². The van der Waals surface area contributed by atoms with Gasteiger partial charge in [0.05, 0.1) is 11.5 Å². The molecule has 0 aliphatic carbocycles. The summed E-state index contributed by atoms with van der Waals surface area (Å²) in [7, 11) is 0. The molecule has 0 saturated heterocycles. The molecule has 0 radical (unpaired) electrons. The molecule has 9 heteroatoms. The fraction of sp³-hybridized carbons (Fsp3) is 0.500. The molecule has 100 valence electrons. The molecule has 1 aromatic rings. The van der Waals surface area contributed by atoms with Crippen LogP contribution in [-0.4, -0.2) is 33.7 Å². The fourth-order valence-electron chi connectivity index (χ4n) is 2.40. The molecular weight excluding hydrogens is 262 g/mol. The summed E-state index contributed by atoms with van der Waals surface area (Å²) >= 11 is 0. The number of aryl methyl sites for hydroxylation is 1. The number of hydrogen-bond donors (Lipinski definition) is 1. The van der Waals surface area contributed by atoms with E-state index < -0.39 is 31.2 Å². The minimum Gasteiger partial charge on any atom is -0.478 e. The van der Waals surface area contributed by atoms with Crippen molar-refractivity contribution >= 4 is 12.7 Å². The third kappa shape index (κ3) is 2.18. The van der Waals surface area contributed by atoms with Gasteiger partial charge in [0.25, 0.3) is 6.71 Å². The highest BCUT2D eigenvalue weighted by Gasteiger charge is 2.50. The fourth-order valence-corrected chi connectivity index (χ4v) is 2.40. The summed E-state index contributed by atoms with van der Waals surface area (Å²) in [6, 6.07) is 0. The van der Waals surface area contributed by atoms with E-state index in [1.54, 1.807) is 5.97 Å². The van der Waals surface area contributed by atoms with Crippen LogP contribution in [0.1, 0.15) is 21.7 Å². The molecule has 1 atom stereocenters. The zero-order valence-electron chi connectivity index (χ0n) is 9.90. The first-order valence-corrected chi connectivity index (χ1v) is 5.51. The largest absolute Gasteiger partial charge is 0.478 e. The SMILES string of the molecule is Cc1nn2c(c1C(=O)O)CB(C#N)C(C(F)(F)F)C2. The van der Waals surface area contributed by atoms with Crippen LogP contribution >= 0.6 is 0 Å². The minimum atomic E-state index is -4.50. The van der Waals surface area contributed by atoms with Crippen LogP contribution in [-0.2, 0) is 12.9 Å². The summed E-state index contributed by atoms with van der Waals surface area (Å²) in [4.78, 5) is 11.1. The Morgan fingerprint density at radius 3 is 2.74 bits per heavy atom. The van der Waals surface area contributed by atoms with Gasteiger partial charge in [0.2, 0.25) is 0 Å². The van der Waals surface area contributed by atoms with Crippen LogP contribution in [0.2, 0.25) is 5.82 Å². The molecule has 0 saturated carbocycles. The molecular formula is C10H9BF3N3O2. The van der Waals surface area contributed by atoms with Crippen molar-refractivity contribution in [3.05, 3.63) is 17.0 Å². The third-order valence-corrected chi connectivity index (χ3v) is 3.30. The Morgan fingerprint density at radius 1 is 1.63 bits per heavy atom. The molecule has 2 heterocycles. The van der Waals surface area contributed by atoms with E-state index in [1.165, 1.54) is 6.92 Å². The van der Waals surface area contributed by atoms with Crippen LogP contribution in [0.25, 0.3) is 0 Å². The maximum absolute atomic E-state index is 12.8. The summed E-state index contributed by atoms with van der Waals surface area (Å²) in [6.45, 7) is -0.356. The van der Waals surface area contributed by atoms with Gasteiger partial charge in [-0.05, 0) is 13.2 Å². The zero-order chi connectivity index (χ0) is 14.4. The monoisotopic (exact) mass is 271 g/mol. The number of hydrogen-bond acceptors (Lipinski definition) is 3. The topological polar surface area (TPSA) is 78.9 Å². The van der Waals surface area contributed by atoms with Crippen LogP contribution in [0.15, 0.2) is 0 Å². The first-order valence-electron chi connectivity index (χ1n) is 5.51. The Morgan fingerprint density at radius 2 is 2.26 bits per heavy atom. The maximum atomic E-state index is 12.8. The van der Waals surface area contributed by atoms with Gasteiger partial charge in [0, 0.05) is 18.2 Å². The van der Waals surface area contributed by atoms with E-state index in [0.29, 0.717) is 0 Å². The quantitative estimate of drug-likeness (QED) is 0.784. The van der Waals surface area contributed by atoms with Gasteiger partial charge in [-0.1, -0.05) is 0 Å². The number of aromatic nitrogens is 2. The van der Waals surface area contributed by atoms with E-state index in [9.17, 15) is 18.0 Å². The lowest BCUT2D eigenvalue weighted by molar-refractivity contribution is -0.138. The third-order valence-electron chi connectivity index (χ3n) is 3.30. The lowest BCUT2D eigenvalue weighted by atomic mass is 9.38. The number of nitriles is 1. The van der Waals surface area contributed by atoms with Crippen molar-refractivity contribution in [1.82, 2.24) is 9.78 Å². The van der Waals surface area contributed by atoms with Crippen molar-refractivity contribution in [1.29, 1.82) is 5.26 Å². The first kappa shape index (κ1) is 13.5. The molecule has 0 fully saturated rings. The van der Waals surface area contributed by atoms with Gasteiger partial charge in [0.15, 0.2) is 0 Å². The second-order valence-corrected chi connectivity index (χ2v) is 4.48. The number of nitrogens with zero attached hydrogens (tertiary/aromatic N) is 3. The molecule has 1 unspecified atom stereocenters. The lowest BCUT2D eigenvalue weighted by Gasteiger charge is -2.27. The summed E-state index contributed by atoms with van der Waals surface area (Å²) in [5.41, 5.74) is 0.264. The van der Waals surface area contributed by atoms with E-state index in [2.05, 4.69) is 5.10 Å². The van der Waals surface area contributed by atoms with Gasteiger partial charge in [0.1, 0.15) is 5.56 Å². The Kier molecular flexibility index (Phi) is 3.04. The van der Waals surface area contributed by atoms with Crippen molar-refractivity contribution in [3.8, 4) is 5.97 Å². The van der Waals surface area contributed by atoms with Crippen molar-refractivity contribution in [2.24, 2.45) is 0 Å². The van der Waals surface area contributed by atoms with Gasteiger partial charge in [-0.3, -0.25) is 4.68 Å². The molecule has 19 heavy (non-hydrogen) atoms. The zero-order valence-corrected chi connectivity index (χ0v) is 9.90. The van der Waals surface area contributed by atoms with Gasteiger partial charge in [-0.15, -0.1) is 0 Å². The van der Waals surface area contributed by atoms with Gasteiger partial charge in [-0.25, -0.2) is 10.1 Å². The molecule has 0 spiro atoms. The van der Waals surface area contributed by atoms with Crippen LogP contribution in [0.4, 0.5) is 13.2 Å². The van der Waals surface area contributed by atoms with E-state index in [-0.39, 0.29) is 23.3 Å². The number of rotatable bonds is 1. The summed E-state index contributed by atoms with van der Waals surface area (Å²) in [5.74, 6) is -1.43. The highest BCUT2D eigenvalue weighted by atomic mass is 19.4. The number of carboxylic acid groups (broad SMARTS) is 1. The van der Waals surface area contributed by atoms with E-state index >= 15 is 0 Å². The molecule has 5 nitrogen and oxygen atoms in total. The molecule has 1 N–H and O–H groups in total. The summed E-state index contributed by atoms with van der Waals surface area (Å²) in [5, 5.41) is 21.7. The molecule has 1 aromatic heterocycles. The number of halogens is 3. The summed E-state index contributed by atoms with van der Waals surface area (Å²) < 4.78 is 39.5. The number of fused-ring (bicyclic) bond motifs is 1. The molecule has 1 aliphatic rings. The predicted molar refractivity (Wildman–Crippen MR) is 58.8 cm³/mol. The van der Waals surface area contributed by atoms with E-state index in [4.69, 9.17) is 10.4 Å². The average molecular weight is 271 g/mol. The van der Waals surface area contributed by atoms with Crippen LogP contribution in [0.3, 0.4) is 0 Å². The number of alkyl halides is 3. The second kappa shape index (κ2) is 4.29. The molecule has 0 bridgehead atoms. The van der Waals surface area contributed by atoms with Crippen LogP contribution < -0.4 is 0 Å². The van der Waals surface area contributed by atoms with Crippen LogP contribution in [0, 0.1) is 18.2 Å². The highest BCUT2D eigenvalue weighted by Crippen LogP contribution is 2.39. The first-order chi connectivity index (χ1) is 8.75. The average Bonchev–Trinajstić information content (AvgIpc) is 2.60. The van der Waals surface area contributed by atoms with Crippen molar-refractivity contribution in [2.75, 3.05) is 0 Å². The molecule has 2 rings (SSSR count). The van der Waals surface area contributed by atoms with Gasteiger partial charge in [-0.2, -0.15) is 18.3 Å². The normalized spacial score (nSPS) is 18.9. The lowest BCUT2D eigenvalue weighted by Crippen LogP contribution is -2.41. The number of carbonyl (C=O) groups is 1. The Labute approximate surface area is 106 Å². The van der Waals surface area contributed by atoms with Gasteiger partial charge < -0.3 is 5.11 Å². The number of carboxylic acids is 1. The Bertz CT molecular complexity index is 576. The van der Waals surface area contributed by atoms with Crippen molar-refractivity contribution in [2.45, 2.75) is 31.8 Å². The predicted octanol–water partition coefficient (Wildman–Crippen LogP) is 1.48. The van der Waals surface area contributed by atoms with E-state index in [0.717, 1.165) is 4.68 Å². The van der Waals surface area contributed by atoms with Crippen molar-refractivity contribution < 1.29 is 23.1 Å². The Hall–Kier alpha value is -1.98. The van der Waals surface area contributed by atoms with Gasteiger partial charge >= 0.3 is 12.1 Å². The van der Waals surface area contributed by atoms with Crippen LogP contribution in [0.5, 0.6) is 0 Å². The number of aromatic carboxylic acids is 1. The molecule has 1 aliphatic heterocycles. The Balaban J connectivity index is 2.48. The maximum Gasteiger partial charge on any atom is 0.388 e. The molecule has 0 aromatic carbocycles. The smallest absolute Gasteiger partial charge is 0.388 e. The minimum absolute atomic E-state index is 0.0964.